The van der Waals surface area contributed by atoms with Crippen LogP contribution in [0.15, 0.2) is 40.9 Å². The number of halogens is 1. The van der Waals surface area contributed by atoms with Crippen LogP contribution in [-0.4, -0.2) is 76.6 Å². The number of methoxy groups -OCH3 is 2. The van der Waals surface area contributed by atoms with Gasteiger partial charge in [0.2, 0.25) is 0 Å². The molecule has 0 aliphatic carbocycles. The van der Waals surface area contributed by atoms with Crippen molar-refractivity contribution in [2.75, 3.05) is 60.5 Å². The first-order chi connectivity index (χ1) is 17.9. The van der Waals surface area contributed by atoms with E-state index in [-0.39, 0.29) is 13.4 Å². The Labute approximate surface area is 229 Å². The molecule has 2 aromatic carbocycles. The van der Waals surface area contributed by atoms with E-state index in [1.165, 1.54) is 24.0 Å². The van der Waals surface area contributed by atoms with E-state index in [2.05, 4.69) is 51.2 Å². The van der Waals surface area contributed by atoms with Gasteiger partial charge in [0, 0.05) is 26.3 Å². The van der Waals surface area contributed by atoms with E-state index in [0.717, 1.165) is 54.0 Å². The molecular formula is C29H40BrNO6. The fourth-order valence-corrected chi connectivity index (χ4v) is 5.53. The van der Waals surface area contributed by atoms with Crippen LogP contribution in [-0.2, 0) is 32.7 Å². The number of fused-ring (bicyclic) bond motifs is 1. The third-order valence-corrected chi connectivity index (χ3v) is 8.32. The number of benzene rings is 2. The number of likely N-dealkylation sites (tertiary alicyclic amines) is 1. The summed E-state index contributed by atoms with van der Waals surface area (Å²) in [7, 11) is 3.26. The molecule has 2 aliphatic heterocycles. The lowest BCUT2D eigenvalue weighted by atomic mass is 9.86. The van der Waals surface area contributed by atoms with Crippen molar-refractivity contribution in [3.8, 4) is 11.5 Å². The fraction of sp³-hybridized carbons (Fsp3) is 0.586. The lowest BCUT2D eigenvalue weighted by molar-refractivity contribution is -0.122. The number of hydrogen-bond acceptors (Lipinski definition) is 7. The average molecular weight is 579 g/mol. The van der Waals surface area contributed by atoms with Crippen molar-refractivity contribution >= 4 is 15.9 Å². The summed E-state index contributed by atoms with van der Waals surface area (Å²) in [6.07, 6.45) is 3.75. The van der Waals surface area contributed by atoms with Crippen molar-refractivity contribution in [3.05, 3.63) is 57.6 Å². The topological polar surface area (TPSA) is 69.6 Å². The Morgan fingerprint density at radius 2 is 1.86 bits per heavy atom. The molecule has 2 atom stereocenters. The summed E-state index contributed by atoms with van der Waals surface area (Å²) < 4.78 is 28.5. The van der Waals surface area contributed by atoms with Crippen molar-refractivity contribution in [2.45, 2.75) is 44.3 Å². The van der Waals surface area contributed by atoms with Crippen molar-refractivity contribution in [3.63, 3.8) is 0 Å². The van der Waals surface area contributed by atoms with Gasteiger partial charge in [-0.05, 0) is 103 Å². The Balaban J connectivity index is 1.24. The highest BCUT2D eigenvalue weighted by molar-refractivity contribution is 9.10. The molecule has 0 spiro atoms. The second-order valence-corrected chi connectivity index (χ2v) is 11.0. The van der Waals surface area contributed by atoms with Gasteiger partial charge in [0.05, 0.1) is 11.1 Å². The first kappa shape index (κ1) is 28.3. The molecule has 0 radical (unpaired) electrons. The van der Waals surface area contributed by atoms with Crippen LogP contribution in [0.2, 0.25) is 0 Å². The van der Waals surface area contributed by atoms with E-state index in [4.69, 9.17) is 23.7 Å². The Bertz CT molecular complexity index is 1010. The minimum Gasteiger partial charge on any atom is -0.490 e. The lowest BCUT2D eigenvalue weighted by Gasteiger charge is -2.39. The maximum Gasteiger partial charge on any atom is 0.146 e. The molecule has 2 unspecified atom stereocenters. The highest BCUT2D eigenvalue weighted by atomic mass is 79.9. The van der Waals surface area contributed by atoms with Gasteiger partial charge in [0.15, 0.2) is 0 Å². The lowest BCUT2D eigenvalue weighted by Crippen LogP contribution is -2.45. The zero-order valence-corrected chi connectivity index (χ0v) is 23.8. The quantitative estimate of drug-likeness (QED) is 0.293. The van der Waals surface area contributed by atoms with Crippen LogP contribution in [0.5, 0.6) is 11.5 Å². The number of nitrogens with zero attached hydrogens (tertiary/aromatic N) is 1. The van der Waals surface area contributed by atoms with Gasteiger partial charge in [-0.1, -0.05) is 12.1 Å². The van der Waals surface area contributed by atoms with Crippen molar-refractivity contribution < 1.29 is 28.8 Å². The maximum absolute atomic E-state index is 10.4. The minimum absolute atomic E-state index is 0.254. The van der Waals surface area contributed by atoms with Gasteiger partial charge in [-0.25, -0.2) is 0 Å². The van der Waals surface area contributed by atoms with Crippen LogP contribution in [0.25, 0.3) is 0 Å². The highest BCUT2D eigenvalue weighted by Gasteiger charge is 2.41. The van der Waals surface area contributed by atoms with Crippen molar-refractivity contribution in [1.29, 1.82) is 0 Å². The molecule has 2 heterocycles. The molecule has 0 bridgehead atoms. The first-order valence-electron chi connectivity index (χ1n) is 13.1. The van der Waals surface area contributed by atoms with Gasteiger partial charge in [-0.3, -0.25) is 0 Å². The predicted molar refractivity (Wildman–Crippen MR) is 146 cm³/mol. The molecule has 4 rings (SSSR count). The molecule has 2 aromatic rings. The van der Waals surface area contributed by atoms with Crippen molar-refractivity contribution in [1.82, 2.24) is 4.90 Å². The third-order valence-electron chi connectivity index (χ3n) is 7.67. The standard InChI is InChI=1S/C29H40BrNO6/c1-29(34-3)24-17-21(5-7-26(24)37-19-28(29)32)8-11-31-12-9-22(10-13-31)16-23-4-6-25(30)27(18-23)36-15-14-35-20-33-2/h4-7,17-18,22,28,32H,8-16,19-20H2,1-3H3. The SMILES string of the molecule is COCOCCOc1cc(CC2CCN(CCc3ccc4c(c3)C(C)(OC)C(O)CO4)CC2)ccc1Br. The number of aliphatic hydroxyl groups excluding tert-OH is 1. The van der Waals surface area contributed by atoms with Crippen LogP contribution >= 0.6 is 15.9 Å². The van der Waals surface area contributed by atoms with E-state index >= 15 is 0 Å². The number of hydrogen-bond donors (Lipinski definition) is 1. The van der Waals surface area contributed by atoms with Crippen LogP contribution in [0, 0.1) is 5.92 Å². The average Bonchev–Trinajstić information content (AvgIpc) is 2.92. The van der Waals surface area contributed by atoms with E-state index < -0.39 is 11.7 Å². The Morgan fingerprint density at radius 1 is 1.08 bits per heavy atom. The molecule has 204 valence electrons. The highest BCUT2D eigenvalue weighted by Crippen LogP contribution is 2.40. The van der Waals surface area contributed by atoms with Gasteiger partial charge >= 0.3 is 0 Å². The second-order valence-electron chi connectivity index (χ2n) is 10.1. The van der Waals surface area contributed by atoms with Crippen LogP contribution in [0.1, 0.15) is 36.5 Å². The zero-order chi connectivity index (χ0) is 26.3. The van der Waals surface area contributed by atoms with Gasteiger partial charge < -0.3 is 33.7 Å². The normalized spacial score (nSPS) is 22.5. The summed E-state index contributed by atoms with van der Waals surface area (Å²) in [6.45, 7) is 6.72. The van der Waals surface area contributed by atoms with E-state index in [9.17, 15) is 5.11 Å². The van der Waals surface area contributed by atoms with E-state index in [1.807, 2.05) is 13.0 Å². The number of piperidine rings is 1. The monoisotopic (exact) mass is 577 g/mol. The number of rotatable bonds is 12. The second kappa shape index (κ2) is 13.4. The first-order valence-corrected chi connectivity index (χ1v) is 13.9. The predicted octanol–water partition coefficient (Wildman–Crippen LogP) is 4.56. The summed E-state index contributed by atoms with van der Waals surface area (Å²) in [6, 6.07) is 12.7. The van der Waals surface area contributed by atoms with Crippen molar-refractivity contribution in [2.24, 2.45) is 5.92 Å². The van der Waals surface area contributed by atoms with Gasteiger partial charge in [-0.15, -0.1) is 0 Å². The molecule has 7 nitrogen and oxygen atoms in total. The molecular weight excluding hydrogens is 538 g/mol. The Morgan fingerprint density at radius 3 is 2.62 bits per heavy atom. The van der Waals surface area contributed by atoms with E-state index in [1.54, 1.807) is 14.2 Å². The van der Waals surface area contributed by atoms with Gasteiger partial charge in [-0.2, -0.15) is 0 Å². The summed E-state index contributed by atoms with van der Waals surface area (Å²) >= 11 is 3.59. The van der Waals surface area contributed by atoms with Crippen LogP contribution in [0.3, 0.4) is 0 Å². The Hall–Kier alpha value is -1.68. The van der Waals surface area contributed by atoms with E-state index in [0.29, 0.717) is 19.1 Å². The molecule has 1 N–H and O–H groups in total. The molecule has 1 fully saturated rings. The smallest absolute Gasteiger partial charge is 0.146 e. The van der Waals surface area contributed by atoms with Gasteiger partial charge in [0.25, 0.3) is 0 Å². The fourth-order valence-electron chi connectivity index (χ4n) is 5.17. The van der Waals surface area contributed by atoms with Gasteiger partial charge in [0.1, 0.15) is 43.2 Å². The Kier molecular flexibility index (Phi) is 10.3. The molecule has 0 aromatic heterocycles. The summed E-state index contributed by atoms with van der Waals surface area (Å²) in [5.41, 5.74) is 2.76. The molecule has 1 saturated heterocycles. The molecule has 8 heteroatoms. The molecule has 37 heavy (non-hydrogen) atoms. The molecule has 2 aliphatic rings. The maximum atomic E-state index is 10.4. The van der Waals surface area contributed by atoms with Crippen LogP contribution in [0.4, 0.5) is 0 Å². The molecule has 0 saturated carbocycles. The minimum atomic E-state index is -0.738. The summed E-state index contributed by atoms with van der Waals surface area (Å²) in [5, 5.41) is 10.4. The largest absolute Gasteiger partial charge is 0.490 e. The third kappa shape index (κ3) is 7.25. The zero-order valence-electron chi connectivity index (χ0n) is 22.2. The summed E-state index contributed by atoms with van der Waals surface area (Å²) in [5.74, 6) is 2.35. The molecule has 0 amide bonds. The van der Waals surface area contributed by atoms with Crippen LogP contribution < -0.4 is 9.47 Å². The number of aliphatic hydroxyl groups is 1. The summed E-state index contributed by atoms with van der Waals surface area (Å²) in [4.78, 5) is 2.56. The number of ether oxygens (including phenoxy) is 5.